The molecular weight excluding hydrogens is 190 g/mol. The number of nitrogens with two attached hydrogens (primary N) is 1. The molecule has 0 bridgehead atoms. The fourth-order valence-electron chi connectivity index (χ4n) is 1.63. The molecule has 0 aliphatic rings. The van der Waals surface area contributed by atoms with Gasteiger partial charge >= 0.3 is 0 Å². The lowest BCUT2D eigenvalue weighted by atomic mass is 9.79. The lowest BCUT2D eigenvalue weighted by molar-refractivity contribution is 0.000896. The number of aliphatic hydroxyl groups is 2. The van der Waals surface area contributed by atoms with Crippen molar-refractivity contribution in [2.45, 2.75) is 19.4 Å². The van der Waals surface area contributed by atoms with Crippen molar-refractivity contribution < 1.29 is 10.2 Å². The molecule has 0 heterocycles. The van der Waals surface area contributed by atoms with Crippen LogP contribution >= 0.6 is 0 Å². The van der Waals surface area contributed by atoms with Crippen molar-refractivity contribution in [2.24, 2.45) is 11.1 Å². The van der Waals surface area contributed by atoms with Crippen LogP contribution in [0.1, 0.15) is 12.5 Å². The molecule has 0 spiro atoms. The van der Waals surface area contributed by atoms with Crippen molar-refractivity contribution in [1.82, 2.24) is 0 Å². The van der Waals surface area contributed by atoms with Gasteiger partial charge in [-0.05, 0) is 12.0 Å². The summed E-state index contributed by atoms with van der Waals surface area (Å²) in [5.41, 5.74) is 5.97. The van der Waals surface area contributed by atoms with Crippen LogP contribution in [0.25, 0.3) is 0 Å². The van der Waals surface area contributed by atoms with Crippen molar-refractivity contribution in [3.05, 3.63) is 35.9 Å². The zero-order valence-corrected chi connectivity index (χ0v) is 9.06. The zero-order valence-electron chi connectivity index (χ0n) is 9.06. The number of hydrogen-bond acceptors (Lipinski definition) is 3. The van der Waals surface area contributed by atoms with Gasteiger partial charge in [-0.1, -0.05) is 37.3 Å². The van der Waals surface area contributed by atoms with E-state index in [-0.39, 0.29) is 13.2 Å². The van der Waals surface area contributed by atoms with Gasteiger partial charge in [0, 0.05) is 12.0 Å². The van der Waals surface area contributed by atoms with E-state index in [1.54, 1.807) is 0 Å². The van der Waals surface area contributed by atoms with Crippen LogP contribution in [-0.2, 0) is 6.42 Å². The Kier molecular flexibility index (Phi) is 4.27. The van der Waals surface area contributed by atoms with Crippen molar-refractivity contribution in [3.63, 3.8) is 0 Å². The van der Waals surface area contributed by atoms with Crippen molar-refractivity contribution in [1.29, 1.82) is 0 Å². The second-order valence-corrected chi connectivity index (χ2v) is 4.23. The molecule has 2 atom stereocenters. The minimum absolute atomic E-state index is 0.0692. The highest BCUT2D eigenvalue weighted by atomic mass is 16.3. The minimum Gasteiger partial charge on any atom is -0.396 e. The predicted molar refractivity (Wildman–Crippen MR) is 60.4 cm³/mol. The van der Waals surface area contributed by atoms with Crippen molar-refractivity contribution in [3.8, 4) is 0 Å². The summed E-state index contributed by atoms with van der Waals surface area (Å²) in [6, 6.07) is 9.80. The molecule has 1 rings (SSSR count). The predicted octanol–water partition coefficient (Wildman–Crippen LogP) is 0.547. The van der Waals surface area contributed by atoms with Gasteiger partial charge in [0.15, 0.2) is 0 Å². The summed E-state index contributed by atoms with van der Waals surface area (Å²) in [7, 11) is 0. The lowest BCUT2D eigenvalue weighted by Crippen LogP contribution is -2.42. The lowest BCUT2D eigenvalue weighted by Gasteiger charge is -2.32. The van der Waals surface area contributed by atoms with E-state index >= 15 is 0 Å². The average molecular weight is 209 g/mol. The molecule has 4 N–H and O–H groups in total. The van der Waals surface area contributed by atoms with E-state index in [2.05, 4.69) is 0 Å². The molecule has 0 aliphatic heterocycles. The summed E-state index contributed by atoms with van der Waals surface area (Å²) in [6.07, 6.45) is -0.0504. The third-order valence-corrected chi connectivity index (χ3v) is 2.84. The second-order valence-electron chi connectivity index (χ2n) is 4.23. The minimum atomic E-state index is -0.678. The SMILES string of the molecule is CC(CO)(Cc1ccccc1)C(O)CN. The van der Waals surface area contributed by atoms with Gasteiger partial charge in [0.05, 0.1) is 12.7 Å². The van der Waals surface area contributed by atoms with E-state index in [4.69, 9.17) is 5.73 Å². The summed E-state index contributed by atoms with van der Waals surface area (Å²) in [5.74, 6) is 0. The number of benzene rings is 1. The Labute approximate surface area is 90.5 Å². The highest BCUT2D eigenvalue weighted by molar-refractivity contribution is 5.16. The van der Waals surface area contributed by atoms with E-state index in [0.29, 0.717) is 6.42 Å². The second kappa shape index (κ2) is 5.26. The molecule has 15 heavy (non-hydrogen) atoms. The van der Waals surface area contributed by atoms with E-state index < -0.39 is 11.5 Å². The van der Waals surface area contributed by atoms with Gasteiger partial charge in [0.25, 0.3) is 0 Å². The summed E-state index contributed by atoms with van der Waals surface area (Å²) in [6.45, 7) is 1.95. The van der Waals surface area contributed by atoms with Gasteiger partial charge < -0.3 is 15.9 Å². The smallest absolute Gasteiger partial charge is 0.0741 e. The van der Waals surface area contributed by atoms with Gasteiger partial charge in [-0.3, -0.25) is 0 Å². The van der Waals surface area contributed by atoms with Crippen LogP contribution in [-0.4, -0.2) is 29.5 Å². The van der Waals surface area contributed by atoms with Crippen molar-refractivity contribution >= 4 is 0 Å². The Bertz CT molecular complexity index is 289. The van der Waals surface area contributed by atoms with Crippen LogP contribution in [0.5, 0.6) is 0 Å². The summed E-state index contributed by atoms with van der Waals surface area (Å²) in [4.78, 5) is 0. The maximum Gasteiger partial charge on any atom is 0.0741 e. The molecule has 0 saturated heterocycles. The topological polar surface area (TPSA) is 66.5 Å². The maximum absolute atomic E-state index is 9.75. The first-order valence-electron chi connectivity index (χ1n) is 5.15. The molecule has 3 nitrogen and oxygen atoms in total. The Morgan fingerprint density at radius 2 is 1.93 bits per heavy atom. The normalized spacial score (nSPS) is 17.1. The van der Waals surface area contributed by atoms with Crippen LogP contribution < -0.4 is 5.73 Å². The third kappa shape index (κ3) is 3.02. The van der Waals surface area contributed by atoms with Gasteiger partial charge in [-0.25, -0.2) is 0 Å². The van der Waals surface area contributed by atoms with E-state index in [1.165, 1.54) is 0 Å². The molecule has 1 aromatic carbocycles. The molecule has 3 heteroatoms. The zero-order chi connectivity index (χ0) is 11.3. The molecule has 0 radical (unpaired) electrons. The molecule has 2 unspecified atom stereocenters. The Morgan fingerprint density at radius 3 is 2.40 bits per heavy atom. The van der Waals surface area contributed by atoms with Gasteiger partial charge in [0.1, 0.15) is 0 Å². The Hall–Kier alpha value is -0.900. The highest BCUT2D eigenvalue weighted by Crippen LogP contribution is 2.25. The molecule has 0 amide bonds. The molecular formula is C12H19NO2. The highest BCUT2D eigenvalue weighted by Gasteiger charge is 2.31. The van der Waals surface area contributed by atoms with Crippen molar-refractivity contribution in [2.75, 3.05) is 13.2 Å². The number of rotatable bonds is 5. The fourth-order valence-corrected chi connectivity index (χ4v) is 1.63. The first kappa shape index (κ1) is 12.2. The maximum atomic E-state index is 9.75. The van der Waals surface area contributed by atoms with E-state index in [9.17, 15) is 10.2 Å². The fraction of sp³-hybridized carbons (Fsp3) is 0.500. The molecule has 0 fully saturated rings. The standard InChI is InChI=1S/C12H19NO2/c1-12(9-14,11(15)8-13)7-10-5-3-2-4-6-10/h2-6,11,14-15H,7-9,13H2,1H3. The van der Waals surface area contributed by atoms with E-state index in [1.807, 2.05) is 37.3 Å². The van der Waals surface area contributed by atoms with Gasteiger partial charge in [0.2, 0.25) is 0 Å². The van der Waals surface area contributed by atoms with Crippen LogP contribution in [0.2, 0.25) is 0 Å². The van der Waals surface area contributed by atoms with Crippen LogP contribution in [0, 0.1) is 5.41 Å². The van der Waals surface area contributed by atoms with E-state index in [0.717, 1.165) is 5.56 Å². The third-order valence-electron chi connectivity index (χ3n) is 2.84. The van der Waals surface area contributed by atoms with Crippen LogP contribution in [0.3, 0.4) is 0 Å². The van der Waals surface area contributed by atoms with Crippen LogP contribution in [0.4, 0.5) is 0 Å². The monoisotopic (exact) mass is 209 g/mol. The summed E-state index contributed by atoms with van der Waals surface area (Å²) in [5, 5.41) is 19.1. The average Bonchev–Trinajstić information content (AvgIpc) is 2.29. The summed E-state index contributed by atoms with van der Waals surface area (Å²) < 4.78 is 0. The Morgan fingerprint density at radius 1 is 1.33 bits per heavy atom. The number of hydrogen-bond donors (Lipinski definition) is 3. The van der Waals surface area contributed by atoms with Gasteiger partial charge in [-0.15, -0.1) is 0 Å². The Balaban J connectivity index is 2.77. The largest absolute Gasteiger partial charge is 0.396 e. The molecule has 0 aliphatic carbocycles. The first-order valence-corrected chi connectivity index (χ1v) is 5.15. The summed E-state index contributed by atoms with van der Waals surface area (Å²) >= 11 is 0. The molecule has 0 saturated carbocycles. The molecule has 0 aromatic heterocycles. The van der Waals surface area contributed by atoms with Crippen LogP contribution in [0.15, 0.2) is 30.3 Å². The molecule has 84 valence electrons. The molecule has 1 aromatic rings. The van der Waals surface area contributed by atoms with Gasteiger partial charge in [-0.2, -0.15) is 0 Å². The first-order chi connectivity index (χ1) is 7.12. The number of aliphatic hydroxyl groups excluding tert-OH is 2. The quantitative estimate of drug-likeness (QED) is 0.663.